The lowest BCUT2D eigenvalue weighted by Gasteiger charge is -2.27. The fourth-order valence-corrected chi connectivity index (χ4v) is 1.74. The van der Waals surface area contributed by atoms with Gasteiger partial charge < -0.3 is 20.3 Å². The van der Waals surface area contributed by atoms with E-state index in [2.05, 4.69) is 22.5 Å². The molecule has 1 unspecified atom stereocenters. The van der Waals surface area contributed by atoms with Gasteiger partial charge in [-0.15, -0.1) is 24.0 Å². The van der Waals surface area contributed by atoms with Gasteiger partial charge >= 0.3 is 0 Å². The summed E-state index contributed by atoms with van der Waals surface area (Å²) in [6.45, 7) is 5.80. The Kier molecular flexibility index (Phi) is 5.96. The van der Waals surface area contributed by atoms with Gasteiger partial charge in [0, 0.05) is 19.1 Å². The van der Waals surface area contributed by atoms with Crippen molar-refractivity contribution >= 4 is 35.8 Å². The lowest BCUT2D eigenvalue weighted by atomic mass is 10.4. The molecule has 2 aliphatic heterocycles. The van der Waals surface area contributed by atoms with Crippen molar-refractivity contribution < 1.29 is 9.53 Å². The van der Waals surface area contributed by atoms with Crippen molar-refractivity contribution in [3.63, 3.8) is 0 Å². The van der Waals surface area contributed by atoms with Crippen LogP contribution in [0.1, 0.15) is 6.92 Å². The predicted octanol–water partition coefficient (Wildman–Crippen LogP) is -0.599. The topological polar surface area (TPSA) is 66.0 Å². The summed E-state index contributed by atoms with van der Waals surface area (Å²) in [6, 6.07) is 0.362. The van der Waals surface area contributed by atoms with E-state index in [1.165, 1.54) is 0 Å². The molecule has 7 heteroatoms. The summed E-state index contributed by atoms with van der Waals surface area (Å²) >= 11 is 0. The van der Waals surface area contributed by atoms with Crippen LogP contribution in [0.4, 0.5) is 0 Å². The van der Waals surface area contributed by atoms with E-state index in [1.807, 2.05) is 4.90 Å². The Bertz CT molecular complexity index is 292. The maximum atomic E-state index is 11.8. The largest absolute Gasteiger partial charge is 0.378 e. The maximum absolute atomic E-state index is 11.8. The van der Waals surface area contributed by atoms with Crippen LogP contribution in [0.15, 0.2) is 4.99 Å². The molecule has 2 rings (SSSR count). The van der Waals surface area contributed by atoms with Gasteiger partial charge in [0.1, 0.15) is 0 Å². The van der Waals surface area contributed by atoms with Gasteiger partial charge in [0.2, 0.25) is 5.91 Å². The third-order valence-corrected chi connectivity index (χ3v) is 2.68. The van der Waals surface area contributed by atoms with Crippen LogP contribution < -0.4 is 10.6 Å². The van der Waals surface area contributed by atoms with E-state index in [0.29, 0.717) is 38.9 Å². The summed E-state index contributed by atoms with van der Waals surface area (Å²) in [5.74, 6) is 0.835. The molecule has 2 N–H and O–H groups in total. The smallest absolute Gasteiger partial charge is 0.242 e. The molecule has 1 amide bonds. The van der Waals surface area contributed by atoms with E-state index >= 15 is 0 Å². The van der Waals surface area contributed by atoms with Gasteiger partial charge in [-0.25, -0.2) is 0 Å². The van der Waals surface area contributed by atoms with Crippen LogP contribution in [0.5, 0.6) is 0 Å². The second kappa shape index (κ2) is 7.00. The fourth-order valence-electron chi connectivity index (χ4n) is 1.74. The molecule has 6 nitrogen and oxygen atoms in total. The third kappa shape index (κ3) is 4.30. The van der Waals surface area contributed by atoms with Gasteiger partial charge in [-0.3, -0.25) is 9.79 Å². The summed E-state index contributed by atoms with van der Waals surface area (Å²) < 4.78 is 5.19. The highest BCUT2D eigenvalue weighted by molar-refractivity contribution is 14.0. The first-order chi connectivity index (χ1) is 7.75. The number of hydrogen-bond acceptors (Lipinski definition) is 5. The van der Waals surface area contributed by atoms with Gasteiger partial charge in [-0.2, -0.15) is 0 Å². The monoisotopic (exact) mass is 354 g/mol. The Labute approximate surface area is 118 Å². The number of carbonyl (C=O) groups excluding carboxylic acids is 1. The Morgan fingerprint density at radius 1 is 1.59 bits per heavy atom. The molecule has 0 saturated carbocycles. The number of carbonyl (C=O) groups is 1. The Morgan fingerprint density at radius 2 is 2.29 bits per heavy atom. The first-order valence-corrected chi connectivity index (χ1v) is 5.66. The van der Waals surface area contributed by atoms with Crippen LogP contribution in [0.2, 0.25) is 0 Å². The number of aliphatic imine (C=N–C) groups is 1. The van der Waals surface area contributed by atoms with Crippen molar-refractivity contribution in [1.82, 2.24) is 15.5 Å². The van der Waals surface area contributed by atoms with E-state index in [4.69, 9.17) is 4.74 Å². The molecule has 1 saturated heterocycles. The van der Waals surface area contributed by atoms with E-state index in [9.17, 15) is 4.79 Å². The highest BCUT2D eigenvalue weighted by Gasteiger charge is 2.18. The van der Waals surface area contributed by atoms with E-state index in [1.54, 1.807) is 0 Å². The number of amides is 1. The van der Waals surface area contributed by atoms with Crippen LogP contribution >= 0.6 is 24.0 Å². The number of nitrogens with one attached hydrogen (secondary N) is 2. The van der Waals surface area contributed by atoms with E-state index in [0.717, 1.165) is 12.5 Å². The quantitative estimate of drug-likeness (QED) is 0.650. The number of morpholine rings is 1. The zero-order chi connectivity index (χ0) is 11.4. The molecule has 1 atom stereocenters. The standard InChI is InChI=1S/C10H18N4O2.HI/c1-8-6-11-10(13-8)12-7-9(15)14-2-4-16-5-3-14;/h8H,2-7H2,1H3,(H2,11,12,13);1H. The number of ether oxygens (including phenoxy) is 1. The lowest BCUT2D eigenvalue weighted by molar-refractivity contribution is -0.134. The van der Waals surface area contributed by atoms with Crippen molar-refractivity contribution in [2.75, 3.05) is 39.4 Å². The fraction of sp³-hybridized carbons (Fsp3) is 0.800. The normalized spacial score (nSPS) is 23.5. The molecule has 0 aromatic carbocycles. The number of nitrogens with zero attached hydrogens (tertiary/aromatic N) is 2. The highest BCUT2D eigenvalue weighted by atomic mass is 127. The van der Waals surface area contributed by atoms with Gasteiger partial charge in [0.25, 0.3) is 0 Å². The number of halogens is 1. The highest BCUT2D eigenvalue weighted by Crippen LogP contribution is 1.97. The van der Waals surface area contributed by atoms with E-state index in [-0.39, 0.29) is 29.9 Å². The molecule has 2 aliphatic rings. The lowest BCUT2D eigenvalue weighted by Crippen LogP contribution is -2.47. The average Bonchev–Trinajstić information content (AvgIpc) is 2.73. The molecule has 0 aromatic heterocycles. The molecule has 0 spiro atoms. The molecule has 17 heavy (non-hydrogen) atoms. The molecule has 0 bridgehead atoms. The molecule has 0 aromatic rings. The van der Waals surface area contributed by atoms with Crippen molar-refractivity contribution in [1.29, 1.82) is 0 Å². The van der Waals surface area contributed by atoms with Crippen LogP contribution in [0.3, 0.4) is 0 Å². The Balaban J connectivity index is 0.00000144. The summed E-state index contributed by atoms with van der Waals surface area (Å²) in [5, 5.41) is 6.17. The zero-order valence-corrected chi connectivity index (χ0v) is 12.3. The SMILES string of the molecule is CC1CN=C(NCC(=O)N2CCOCC2)N1.I. The second-order valence-electron chi connectivity index (χ2n) is 4.08. The van der Waals surface area contributed by atoms with Crippen molar-refractivity contribution in [2.45, 2.75) is 13.0 Å². The molecule has 0 radical (unpaired) electrons. The van der Waals surface area contributed by atoms with Crippen molar-refractivity contribution in [3.8, 4) is 0 Å². The minimum absolute atomic E-state index is 0. The Morgan fingerprint density at radius 3 is 2.88 bits per heavy atom. The van der Waals surface area contributed by atoms with Crippen LogP contribution in [0, 0.1) is 0 Å². The Hall–Kier alpha value is -0.570. The van der Waals surface area contributed by atoms with Crippen LogP contribution in [-0.2, 0) is 9.53 Å². The second-order valence-corrected chi connectivity index (χ2v) is 4.08. The zero-order valence-electron chi connectivity index (χ0n) is 9.94. The summed E-state index contributed by atoms with van der Waals surface area (Å²) in [7, 11) is 0. The van der Waals surface area contributed by atoms with Gasteiger partial charge in [0.05, 0.1) is 26.3 Å². The van der Waals surface area contributed by atoms with Crippen molar-refractivity contribution in [3.05, 3.63) is 0 Å². The minimum Gasteiger partial charge on any atom is -0.378 e. The minimum atomic E-state index is 0. The van der Waals surface area contributed by atoms with E-state index < -0.39 is 0 Å². The van der Waals surface area contributed by atoms with Gasteiger partial charge in [0.15, 0.2) is 5.96 Å². The molecular formula is C10H19IN4O2. The summed E-state index contributed by atoms with van der Waals surface area (Å²) in [4.78, 5) is 17.8. The first-order valence-electron chi connectivity index (χ1n) is 5.66. The van der Waals surface area contributed by atoms with Crippen molar-refractivity contribution in [2.24, 2.45) is 4.99 Å². The summed E-state index contributed by atoms with van der Waals surface area (Å²) in [5.41, 5.74) is 0. The average molecular weight is 354 g/mol. The van der Waals surface area contributed by atoms with Gasteiger partial charge in [-0.1, -0.05) is 0 Å². The molecule has 0 aliphatic carbocycles. The predicted molar refractivity (Wildman–Crippen MR) is 75.7 cm³/mol. The molecule has 98 valence electrons. The molecule has 1 fully saturated rings. The number of hydrogen-bond donors (Lipinski definition) is 2. The first kappa shape index (κ1) is 14.5. The summed E-state index contributed by atoms with van der Waals surface area (Å²) in [6.07, 6.45) is 0. The van der Waals surface area contributed by atoms with Crippen LogP contribution in [0.25, 0.3) is 0 Å². The number of guanidine groups is 1. The third-order valence-electron chi connectivity index (χ3n) is 2.68. The maximum Gasteiger partial charge on any atom is 0.242 e. The van der Waals surface area contributed by atoms with Gasteiger partial charge in [-0.05, 0) is 6.92 Å². The molecular weight excluding hydrogens is 335 g/mol. The number of rotatable bonds is 2. The van der Waals surface area contributed by atoms with Crippen LogP contribution in [-0.4, -0.2) is 62.2 Å². The molecule has 2 heterocycles.